The number of benzene rings is 1. The van der Waals surface area contributed by atoms with Crippen LogP contribution in [0.5, 0.6) is 5.75 Å². The fourth-order valence-corrected chi connectivity index (χ4v) is 2.91. The molecule has 0 saturated carbocycles. The summed E-state index contributed by atoms with van der Waals surface area (Å²) in [5.74, 6) is 0.254. The molecule has 0 fully saturated rings. The molecule has 0 aromatic heterocycles. The third-order valence-corrected chi connectivity index (χ3v) is 3.82. The average Bonchev–Trinajstić information content (AvgIpc) is 2.30. The standard InChI is InChI=1S/C13H20Br2N2O/c1-17(2)6-4-3-5-16-9-10-7-11(14)13(18)12(15)8-10/h7-8,16,18H,3-6,9H2,1-2H3. The molecule has 3 nitrogen and oxygen atoms in total. The highest BCUT2D eigenvalue weighted by Gasteiger charge is 2.05. The average molecular weight is 380 g/mol. The Morgan fingerprint density at radius 1 is 1.17 bits per heavy atom. The number of phenolic OH excluding ortho intramolecular Hbond substituents is 1. The zero-order valence-electron chi connectivity index (χ0n) is 10.8. The predicted octanol–water partition coefficient (Wildman–Crippen LogP) is 3.35. The van der Waals surface area contributed by atoms with Gasteiger partial charge in [0.1, 0.15) is 5.75 Å². The molecule has 0 aliphatic heterocycles. The topological polar surface area (TPSA) is 35.5 Å². The van der Waals surface area contributed by atoms with Gasteiger partial charge in [-0.1, -0.05) is 0 Å². The molecule has 1 aromatic rings. The van der Waals surface area contributed by atoms with Crippen molar-refractivity contribution in [1.29, 1.82) is 0 Å². The summed E-state index contributed by atoms with van der Waals surface area (Å²) < 4.78 is 1.45. The van der Waals surface area contributed by atoms with E-state index in [1.165, 1.54) is 12.8 Å². The second kappa shape index (κ2) is 8.15. The molecule has 0 unspecified atom stereocenters. The maximum Gasteiger partial charge on any atom is 0.143 e. The van der Waals surface area contributed by atoms with E-state index < -0.39 is 0 Å². The van der Waals surface area contributed by atoms with Crippen LogP contribution in [-0.4, -0.2) is 37.2 Å². The Labute approximate surface area is 126 Å². The maximum absolute atomic E-state index is 9.61. The van der Waals surface area contributed by atoms with Crippen molar-refractivity contribution in [3.63, 3.8) is 0 Å². The summed E-state index contributed by atoms with van der Waals surface area (Å²) in [6, 6.07) is 3.87. The molecule has 5 heteroatoms. The molecule has 0 radical (unpaired) electrons. The van der Waals surface area contributed by atoms with Crippen LogP contribution in [-0.2, 0) is 6.54 Å². The number of aromatic hydroxyl groups is 1. The van der Waals surface area contributed by atoms with Crippen LogP contribution < -0.4 is 5.32 Å². The van der Waals surface area contributed by atoms with E-state index in [-0.39, 0.29) is 5.75 Å². The molecule has 0 bridgehead atoms. The summed E-state index contributed by atoms with van der Waals surface area (Å²) in [5, 5.41) is 13.0. The second-order valence-corrected chi connectivity index (χ2v) is 6.30. The van der Waals surface area contributed by atoms with E-state index in [0.29, 0.717) is 0 Å². The van der Waals surface area contributed by atoms with Crippen LogP contribution >= 0.6 is 31.9 Å². The van der Waals surface area contributed by atoms with E-state index in [9.17, 15) is 5.11 Å². The number of rotatable bonds is 7. The van der Waals surface area contributed by atoms with Crippen molar-refractivity contribution >= 4 is 31.9 Å². The molecular weight excluding hydrogens is 360 g/mol. The largest absolute Gasteiger partial charge is 0.506 e. The summed E-state index contributed by atoms with van der Waals surface area (Å²) in [7, 11) is 4.19. The van der Waals surface area contributed by atoms with Crippen molar-refractivity contribution in [2.45, 2.75) is 19.4 Å². The molecule has 1 rings (SSSR count). The molecule has 0 atom stereocenters. The van der Waals surface area contributed by atoms with Crippen LogP contribution in [0.4, 0.5) is 0 Å². The van der Waals surface area contributed by atoms with Gasteiger partial charge >= 0.3 is 0 Å². The lowest BCUT2D eigenvalue weighted by molar-refractivity contribution is 0.391. The fraction of sp³-hybridized carbons (Fsp3) is 0.538. The summed E-state index contributed by atoms with van der Waals surface area (Å²) in [6.07, 6.45) is 2.39. The van der Waals surface area contributed by atoms with Crippen molar-refractivity contribution in [2.24, 2.45) is 0 Å². The number of hydrogen-bond donors (Lipinski definition) is 2. The van der Waals surface area contributed by atoms with Crippen molar-refractivity contribution in [3.8, 4) is 5.75 Å². The Hall–Kier alpha value is -0.100. The Bertz CT molecular complexity index is 360. The van der Waals surface area contributed by atoms with Gasteiger partial charge in [-0.2, -0.15) is 0 Å². The van der Waals surface area contributed by atoms with E-state index in [1.807, 2.05) is 12.1 Å². The molecule has 0 heterocycles. The molecule has 0 amide bonds. The molecular formula is C13H20Br2N2O. The first kappa shape index (κ1) is 16.0. The van der Waals surface area contributed by atoms with Crippen LogP contribution in [0, 0.1) is 0 Å². The van der Waals surface area contributed by atoms with Gasteiger partial charge < -0.3 is 15.3 Å². The monoisotopic (exact) mass is 378 g/mol. The third kappa shape index (κ3) is 5.69. The zero-order chi connectivity index (χ0) is 13.5. The van der Waals surface area contributed by atoms with E-state index in [4.69, 9.17) is 0 Å². The van der Waals surface area contributed by atoms with Gasteiger partial charge in [-0.05, 0) is 89.6 Å². The Morgan fingerprint density at radius 3 is 2.33 bits per heavy atom. The number of halogens is 2. The molecule has 0 aliphatic rings. The molecule has 18 heavy (non-hydrogen) atoms. The number of nitrogens with zero attached hydrogens (tertiary/aromatic N) is 1. The first-order valence-corrected chi connectivity index (χ1v) is 7.61. The highest BCUT2D eigenvalue weighted by atomic mass is 79.9. The summed E-state index contributed by atoms with van der Waals surface area (Å²) >= 11 is 6.67. The third-order valence-electron chi connectivity index (χ3n) is 2.61. The van der Waals surface area contributed by atoms with Gasteiger partial charge in [0, 0.05) is 6.54 Å². The molecule has 0 spiro atoms. The highest BCUT2D eigenvalue weighted by Crippen LogP contribution is 2.33. The van der Waals surface area contributed by atoms with E-state index in [1.54, 1.807) is 0 Å². The Morgan fingerprint density at radius 2 is 1.78 bits per heavy atom. The molecule has 102 valence electrons. The van der Waals surface area contributed by atoms with Crippen LogP contribution in [0.1, 0.15) is 18.4 Å². The SMILES string of the molecule is CN(C)CCCCNCc1cc(Br)c(O)c(Br)c1. The van der Waals surface area contributed by atoms with Gasteiger partial charge in [0.05, 0.1) is 8.95 Å². The Kier molecular flexibility index (Phi) is 7.22. The lowest BCUT2D eigenvalue weighted by Gasteiger charge is -2.10. The van der Waals surface area contributed by atoms with Crippen LogP contribution in [0.15, 0.2) is 21.1 Å². The van der Waals surface area contributed by atoms with Crippen molar-refractivity contribution in [1.82, 2.24) is 10.2 Å². The molecule has 2 N–H and O–H groups in total. The molecule has 1 aromatic carbocycles. The number of nitrogens with one attached hydrogen (secondary N) is 1. The van der Waals surface area contributed by atoms with Gasteiger partial charge in [0.15, 0.2) is 0 Å². The molecule has 0 saturated heterocycles. The van der Waals surface area contributed by atoms with Gasteiger partial charge in [-0.3, -0.25) is 0 Å². The first-order chi connectivity index (χ1) is 8.50. The second-order valence-electron chi connectivity index (χ2n) is 4.60. The van der Waals surface area contributed by atoms with Crippen LogP contribution in [0.3, 0.4) is 0 Å². The number of hydrogen-bond acceptors (Lipinski definition) is 3. The van der Waals surface area contributed by atoms with Gasteiger partial charge in [-0.25, -0.2) is 0 Å². The van der Waals surface area contributed by atoms with Crippen LogP contribution in [0.2, 0.25) is 0 Å². The maximum atomic E-state index is 9.61. The van der Waals surface area contributed by atoms with E-state index in [0.717, 1.165) is 34.1 Å². The summed E-state index contributed by atoms with van der Waals surface area (Å²) in [5.41, 5.74) is 1.15. The minimum atomic E-state index is 0.254. The number of phenols is 1. The minimum absolute atomic E-state index is 0.254. The fourth-order valence-electron chi connectivity index (χ4n) is 1.63. The first-order valence-electron chi connectivity index (χ1n) is 6.03. The van der Waals surface area contributed by atoms with Crippen molar-refractivity contribution in [3.05, 3.63) is 26.6 Å². The molecule has 0 aliphatic carbocycles. The normalized spacial score (nSPS) is 11.2. The van der Waals surface area contributed by atoms with Gasteiger partial charge in [0.25, 0.3) is 0 Å². The summed E-state index contributed by atoms with van der Waals surface area (Å²) in [6.45, 7) is 2.97. The lowest BCUT2D eigenvalue weighted by Crippen LogP contribution is -2.18. The van der Waals surface area contributed by atoms with Gasteiger partial charge in [0.2, 0.25) is 0 Å². The minimum Gasteiger partial charge on any atom is -0.506 e. The number of unbranched alkanes of at least 4 members (excludes halogenated alkanes) is 1. The smallest absolute Gasteiger partial charge is 0.143 e. The van der Waals surface area contributed by atoms with Crippen molar-refractivity contribution in [2.75, 3.05) is 27.2 Å². The highest BCUT2D eigenvalue weighted by molar-refractivity contribution is 9.11. The van der Waals surface area contributed by atoms with Crippen LogP contribution in [0.25, 0.3) is 0 Å². The van der Waals surface area contributed by atoms with Gasteiger partial charge in [-0.15, -0.1) is 0 Å². The van der Waals surface area contributed by atoms with E-state index >= 15 is 0 Å². The lowest BCUT2D eigenvalue weighted by atomic mass is 10.2. The predicted molar refractivity (Wildman–Crippen MR) is 83.0 cm³/mol. The summed E-state index contributed by atoms with van der Waals surface area (Å²) in [4.78, 5) is 2.20. The quantitative estimate of drug-likeness (QED) is 0.713. The van der Waals surface area contributed by atoms with E-state index in [2.05, 4.69) is 56.2 Å². The van der Waals surface area contributed by atoms with Crippen molar-refractivity contribution < 1.29 is 5.11 Å². The Balaban J connectivity index is 2.27. The zero-order valence-corrected chi connectivity index (χ0v) is 14.0.